The van der Waals surface area contributed by atoms with Gasteiger partial charge in [0.05, 0.1) is 16.1 Å². The summed E-state index contributed by atoms with van der Waals surface area (Å²) in [5.41, 5.74) is 1.64. The van der Waals surface area contributed by atoms with Crippen LogP contribution in [0.3, 0.4) is 0 Å². The van der Waals surface area contributed by atoms with E-state index >= 15 is 0 Å². The summed E-state index contributed by atoms with van der Waals surface area (Å²) in [6.07, 6.45) is -0.0876. The van der Waals surface area contributed by atoms with E-state index in [9.17, 15) is 18.0 Å². The number of carbonyl (C=O) groups is 2. The van der Waals surface area contributed by atoms with E-state index in [-0.39, 0.29) is 23.8 Å². The van der Waals surface area contributed by atoms with E-state index < -0.39 is 15.9 Å². The van der Waals surface area contributed by atoms with E-state index in [0.717, 1.165) is 10.0 Å². The van der Waals surface area contributed by atoms with E-state index in [4.69, 9.17) is 0 Å². The molecular weight excluding hydrogens is 494 g/mol. The average molecular weight is 516 g/mol. The zero-order valence-electron chi connectivity index (χ0n) is 17.0. The quantitative estimate of drug-likeness (QED) is 0.404. The number of benzene rings is 3. The molecule has 166 valence electrons. The van der Waals surface area contributed by atoms with Crippen LogP contribution in [-0.2, 0) is 21.4 Å². The molecule has 2 amide bonds. The number of rotatable bonds is 9. The third-order valence-corrected chi connectivity index (χ3v) is 6.52. The van der Waals surface area contributed by atoms with Crippen molar-refractivity contribution in [3.63, 3.8) is 0 Å². The van der Waals surface area contributed by atoms with Gasteiger partial charge in [0.25, 0.3) is 5.91 Å². The minimum atomic E-state index is -3.72. The maximum absolute atomic E-state index is 12.6. The number of anilines is 1. The van der Waals surface area contributed by atoms with Crippen molar-refractivity contribution in [2.45, 2.75) is 17.9 Å². The van der Waals surface area contributed by atoms with Gasteiger partial charge in [-0.25, -0.2) is 13.1 Å². The predicted octanol–water partition coefficient (Wildman–Crippen LogP) is 3.69. The summed E-state index contributed by atoms with van der Waals surface area (Å²) in [5.74, 6) is -0.729. The van der Waals surface area contributed by atoms with Crippen molar-refractivity contribution in [2.75, 3.05) is 11.9 Å². The molecule has 7 nitrogen and oxygen atoms in total. The zero-order chi connectivity index (χ0) is 23.0. The predicted molar refractivity (Wildman–Crippen MR) is 127 cm³/mol. The molecule has 9 heteroatoms. The minimum Gasteiger partial charge on any atom is -0.348 e. The summed E-state index contributed by atoms with van der Waals surface area (Å²) in [6, 6.07) is 22.3. The lowest BCUT2D eigenvalue weighted by Gasteiger charge is -2.12. The van der Waals surface area contributed by atoms with Crippen molar-refractivity contribution in [2.24, 2.45) is 0 Å². The first-order valence-corrected chi connectivity index (χ1v) is 12.1. The van der Waals surface area contributed by atoms with Gasteiger partial charge in [0.2, 0.25) is 15.9 Å². The third-order valence-electron chi connectivity index (χ3n) is 4.51. The zero-order valence-corrected chi connectivity index (χ0v) is 19.4. The number of hydrogen-bond donors (Lipinski definition) is 3. The van der Waals surface area contributed by atoms with E-state index in [1.54, 1.807) is 36.4 Å². The summed E-state index contributed by atoms with van der Waals surface area (Å²) in [5, 5.41) is 5.51. The maximum atomic E-state index is 12.6. The Balaban J connectivity index is 1.55. The van der Waals surface area contributed by atoms with Crippen molar-refractivity contribution in [1.82, 2.24) is 10.0 Å². The highest BCUT2D eigenvalue weighted by atomic mass is 79.9. The third kappa shape index (κ3) is 6.74. The van der Waals surface area contributed by atoms with Crippen molar-refractivity contribution >= 4 is 43.5 Å². The van der Waals surface area contributed by atoms with E-state index in [1.165, 1.54) is 12.1 Å². The number of halogens is 1. The van der Waals surface area contributed by atoms with Crippen LogP contribution in [0.25, 0.3) is 0 Å². The molecule has 0 saturated heterocycles. The summed E-state index contributed by atoms with van der Waals surface area (Å²) < 4.78 is 27.8. The molecule has 0 heterocycles. The summed E-state index contributed by atoms with van der Waals surface area (Å²) in [6.45, 7) is 0.284. The fourth-order valence-electron chi connectivity index (χ4n) is 2.87. The molecule has 0 radical (unpaired) electrons. The van der Waals surface area contributed by atoms with E-state index in [0.29, 0.717) is 17.8 Å². The molecule has 0 aromatic heterocycles. The lowest BCUT2D eigenvalue weighted by atomic mass is 10.1. The molecule has 0 fully saturated rings. The lowest BCUT2D eigenvalue weighted by Crippen LogP contribution is -2.28. The van der Waals surface area contributed by atoms with E-state index in [2.05, 4.69) is 31.3 Å². The highest BCUT2D eigenvalue weighted by Gasteiger charge is 2.16. The van der Waals surface area contributed by atoms with Crippen LogP contribution in [0.1, 0.15) is 22.3 Å². The largest absolute Gasteiger partial charge is 0.348 e. The Kier molecular flexibility index (Phi) is 8.15. The first kappa shape index (κ1) is 23.6. The van der Waals surface area contributed by atoms with Crippen molar-refractivity contribution in [1.29, 1.82) is 0 Å². The van der Waals surface area contributed by atoms with Gasteiger partial charge in [-0.15, -0.1) is 0 Å². The Hall–Kier alpha value is -3.01. The number of hydrogen-bond acceptors (Lipinski definition) is 4. The second kappa shape index (κ2) is 11.0. The second-order valence-electron chi connectivity index (χ2n) is 6.86. The summed E-state index contributed by atoms with van der Waals surface area (Å²) >= 11 is 3.26. The Morgan fingerprint density at radius 2 is 1.50 bits per heavy atom. The average Bonchev–Trinajstić information content (AvgIpc) is 2.78. The molecule has 0 spiro atoms. The molecule has 32 heavy (non-hydrogen) atoms. The van der Waals surface area contributed by atoms with Crippen LogP contribution in [0.4, 0.5) is 5.69 Å². The van der Waals surface area contributed by atoms with Gasteiger partial charge in [-0.2, -0.15) is 0 Å². The molecule has 0 atom stereocenters. The molecular formula is C23H22BrN3O4S. The summed E-state index contributed by atoms with van der Waals surface area (Å²) in [4.78, 5) is 25.1. The number of sulfonamides is 1. The van der Waals surface area contributed by atoms with E-state index in [1.807, 2.05) is 30.3 Å². The highest BCUT2D eigenvalue weighted by Crippen LogP contribution is 2.16. The molecule has 0 saturated carbocycles. The first-order valence-electron chi connectivity index (χ1n) is 9.81. The normalized spacial score (nSPS) is 11.0. The van der Waals surface area contributed by atoms with Crippen LogP contribution >= 0.6 is 15.9 Å². The molecule has 3 aromatic rings. The Morgan fingerprint density at radius 1 is 0.844 bits per heavy atom. The van der Waals surface area contributed by atoms with Crippen LogP contribution in [-0.4, -0.2) is 26.8 Å². The van der Waals surface area contributed by atoms with Crippen LogP contribution in [0.5, 0.6) is 0 Å². The van der Waals surface area contributed by atoms with Gasteiger partial charge < -0.3 is 10.6 Å². The van der Waals surface area contributed by atoms with Gasteiger partial charge in [-0.3, -0.25) is 9.59 Å². The summed E-state index contributed by atoms with van der Waals surface area (Å²) in [7, 11) is -3.72. The van der Waals surface area contributed by atoms with Gasteiger partial charge in [0.15, 0.2) is 0 Å². The van der Waals surface area contributed by atoms with Gasteiger partial charge in [0, 0.05) is 24.0 Å². The molecule has 0 unspecified atom stereocenters. The monoisotopic (exact) mass is 515 g/mol. The fraction of sp³-hybridized carbons (Fsp3) is 0.130. The Labute approximate surface area is 195 Å². The van der Waals surface area contributed by atoms with Crippen molar-refractivity contribution in [3.05, 3.63) is 94.5 Å². The Morgan fingerprint density at radius 3 is 2.22 bits per heavy atom. The SMILES string of the molecule is O=C(CCNS(=O)(=O)c1ccc(Br)cc1)Nc1ccccc1C(=O)NCc1ccccc1. The first-order chi connectivity index (χ1) is 15.3. The number of nitrogens with one attached hydrogen (secondary N) is 3. The van der Waals surface area contributed by atoms with Crippen LogP contribution < -0.4 is 15.4 Å². The molecule has 0 aliphatic rings. The lowest BCUT2D eigenvalue weighted by molar-refractivity contribution is -0.116. The maximum Gasteiger partial charge on any atom is 0.253 e. The molecule has 0 bridgehead atoms. The topological polar surface area (TPSA) is 104 Å². The molecule has 0 aliphatic carbocycles. The van der Waals surface area contributed by atoms with Crippen molar-refractivity contribution < 1.29 is 18.0 Å². The second-order valence-corrected chi connectivity index (χ2v) is 9.55. The molecule has 3 N–H and O–H groups in total. The number of para-hydroxylation sites is 1. The Bertz CT molecular complexity index is 1180. The van der Waals surface area contributed by atoms with Crippen LogP contribution in [0, 0.1) is 0 Å². The molecule has 3 rings (SSSR count). The number of carbonyl (C=O) groups excluding carboxylic acids is 2. The fourth-order valence-corrected chi connectivity index (χ4v) is 4.17. The van der Waals surface area contributed by atoms with Crippen molar-refractivity contribution in [3.8, 4) is 0 Å². The van der Waals surface area contributed by atoms with Gasteiger partial charge >= 0.3 is 0 Å². The highest BCUT2D eigenvalue weighted by molar-refractivity contribution is 9.10. The smallest absolute Gasteiger partial charge is 0.253 e. The molecule has 3 aromatic carbocycles. The number of amides is 2. The van der Waals surface area contributed by atoms with Crippen LogP contribution in [0.2, 0.25) is 0 Å². The van der Waals surface area contributed by atoms with Gasteiger partial charge in [0.1, 0.15) is 0 Å². The molecule has 0 aliphatic heterocycles. The van der Waals surface area contributed by atoms with Gasteiger partial charge in [-0.05, 0) is 42.0 Å². The van der Waals surface area contributed by atoms with Crippen LogP contribution in [0.15, 0.2) is 88.2 Å². The standard InChI is InChI=1S/C23H22BrN3O4S/c24-18-10-12-19(13-11-18)32(30,31)26-15-14-22(28)27-21-9-5-4-8-20(21)23(29)25-16-17-6-2-1-3-7-17/h1-13,26H,14-16H2,(H,25,29)(H,27,28). The minimum absolute atomic E-state index is 0.0768. The van der Waals surface area contributed by atoms with Gasteiger partial charge in [-0.1, -0.05) is 58.4 Å².